The average Bonchev–Trinajstić information content (AvgIpc) is 2.58. The molecule has 138 valence electrons. The summed E-state index contributed by atoms with van der Waals surface area (Å²) in [6, 6.07) is 8.81. The lowest BCUT2D eigenvalue weighted by atomic mass is 10.00. The van der Waals surface area contributed by atoms with Crippen molar-refractivity contribution < 1.29 is 23.9 Å². The minimum atomic E-state index is -0.733. The molecule has 0 heterocycles. The second-order valence-electron chi connectivity index (χ2n) is 5.42. The van der Waals surface area contributed by atoms with Crippen molar-refractivity contribution in [1.29, 1.82) is 0 Å². The molecule has 1 aromatic carbocycles. The molecule has 0 aromatic heterocycles. The summed E-state index contributed by atoms with van der Waals surface area (Å²) < 4.78 is 9.94. The minimum Gasteiger partial charge on any atom is -0.449 e. The van der Waals surface area contributed by atoms with Crippen LogP contribution in [0.3, 0.4) is 0 Å². The van der Waals surface area contributed by atoms with E-state index in [1.807, 2.05) is 30.3 Å². The van der Waals surface area contributed by atoms with Crippen molar-refractivity contribution in [3.63, 3.8) is 0 Å². The summed E-state index contributed by atoms with van der Waals surface area (Å²) in [6.07, 6.45) is 0.0686. The number of rotatable bonds is 8. The molecule has 0 aliphatic rings. The molecule has 0 saturated carbocycles. The smallest absolute Gasteiger partial charge is 0.429 e. The van der Waals surface area contributed by atoms with Crippen LogP contribution in [0.15, 0.2) is 30.3 Å². The largest absolute Gasteiger partial charge is 0.449 e. The molecule has 0 spiro atoms. The lowest BCUT2D eigenvalue weighted by Crippen LogP contribution is -2.48. The van der Waals surface area contributed by atoms with E-state index in [0.29, 0.717) is 19.3 Å². The van der Waals surface area contributed by atoms with E-state index in [2.05, 4.69) is 5.43 Å². The van der Waals surface area contributed by atoms with Crippen molar-refractivity contribution in [3.05, 3.63) is 35.9 Å². The molecule has 1 aromatic rings. The van der Waals surface area contributed by atoms with Gasteiger partial charge in [0.15, 0.2) is 0 Å². The first-order chi connectivity index (χ1) is 12.0. The molecule has 0 bridgehead atoms. The molecule has 0 radical (unpaired) electrons. The van der Waals surface area contributed by atoms with E-state index in [1.165, 1.54) is 6.92 Å². The number of hydrogen-bond donors (Lipinski definition) is 1. The maximum atomic E-state index is 12.4. The Hall–Kier alpha value is -2.57. The van der Waals surface area contributed by atoms with Crippen LogP contribution in [0.4, 0.5) is 9.59 Å². The van der Waals surface area contributed by atoms with Crippen molar-refractivity contribution in [1.82, 2.24) is 10.4 Å². The molecule has 2 amide bonds. The van der Waals surface area contributed by atoms with Gasteiger partial charge in [-0.05, 0) is 39.2 Å². The molecule has 0 saturated heterocycles. The van der Waals surface area contributed by atoms with Crippen molar-refractivity contribution in [3.8, 4) is 0 Å². The van der Waals surface area contributed by atoms with E-state index >= 15 is 0 Å². The van der Waals surface area contributed by atoms with Gasteiger partial charge in [0.05, 0.1) is 19.3 Å². The third-order valence-corrected chi connectivity index (χ3v) is 3.45. The van der Waals surface area contributed by atoms with Crippen LogP contribution >= 0.6 is 0 Å². The first-order valence-electron chi connectivity index (χ1n) is 8.43. The highest BCUT2D eigenvalue weighted by Crippen LogP contribution is 2.26. The van der Waals surface area contributed by atoms with Gasteiger partial charge in [-0.2, -0.15) is 0 Å². The van der Waals surface area contributed by atoms with Gasteiger partial charge in [0, 0.05) is 6.42 Å². The van der Waals surface area contributed by atoms with Gasteiger partial charge in [0.1, 0.15) is 5.78 Å². The van der Waals surface area contributed by atoms with Gasteiger partial charge in [-0.1, -0.05) is 30.3 Å². The fourth-order valence-electron chi connectivity index (χ4n) is 2.37. The molecule has 1 N–H and O–H groups in total. The fraction of sp³-hybridized carbons (Fsp3) is 0.500. The van der Waals surface area contributed by atoms with Crippen LogP contribution in [0, 0.1) is 0 Å². The molecule has 25 heavy (non-hydrogen) atoms. The van der Waals surface area contributed by atoms with Crippen LogP contribution in [0.1, 0.15) is 51.6 Å². The fourth-order valence-corrected chi connectivity index (χ4v) is 2.37. The molecule has 0 aliphatic heterocycles. The Morgan fingerprint density at radius 2 is 1.72 bits per heavy atom. The summed E-state index contributed by atoms with van der Waals surface area (Å²) in [4.78, 5) is 35.4. The summed E-state index contributed by atoms with van der Waals surface area (Å²) in [5, 5.41) is 1.14. The van der Waals surface area contributed by atoms with E-state index in [0.717, 1.165) is 10.6 Å². The number of nitrogens with zero attached hydrogens (tertiary/aromatic N) is 1. The Labute approximate surface area is 148 Å². The Balaban J connectivity index is 3.05. The molecule has 0 fully saturated rings. The minimum absolute atomic E-state index is 0.0767. The van der Waals surface area contributed by atoms with E-state index in [9.17, 15) is 14.4 Å². The van der Waals surface area contributed by atoms with Crippen LogP contribution in [0.25, 0.3) is 0 Å². The molecular weight excluding hydrogens is 324 g/mol. The van der Waals surface area contributed by atoms with Gasteiger partial charge in [-0.3, -0.25) is 0 Å². The lowest BCUT2D eigenvalue weighted by Gasteiger charge is -2.31. The number of carbonyl (C=O) groups is 3. The van der Waals surface area contributed by atoms with Crippen LogP contribution in [0.2, 0.25) is 0 Å². The monoisotopic (exact) mass is 350 g/mol. The predicted octanol–water partition coefficient (Wildman–Crippen LogP) is 3.61. The van der Waals surface area contributed by atoms with Crippen LogP contribution in [-0.2, 0) is 14.3 Å². The summed E-state index contributed by atoms with van der Waals surface area (Å²) in [7, 11) is 0. The maximum Gasteiger partial charge on any atom is 0.429 e. The maximum absolute atomic E-state index is 12.4. The molecular formula is C18H26N2O5. The number of ketones is 1. The zero-order valence-electron chi connectivity index (χ0n) is 15.0. The summed E-state index contributed by atoms with van der Waals surface area (Å²) in [6.45, 7) is 5.25. The Morgan fingerprint density at radius 3 is 2.28 bits per heavy atom. The highest BCUT2D eigenvalue weighted by atomic mass is 16.6. The zero-order valence-corrected chi connectivity index (χ0v) is 15.0. The molecule has 1 atom stereocenters. The number of benzene rings is 1. The molecule has 7 heteroatoms. The zero-order chi connectivity index (χ0) is 18.7. The third kappa shape index (κ3) is 7.24. The van der Waals surface area contributed by atoms with Gasteiger partial charge in [0.25, 0.3) is 0 Å². The number of hydrogen-bond acceptors (Lipinski definition) is 5. The van der Waals surface area contributed by atoms with Gasteiger partial charge in [0.2, 0.25) is 0 Å². The first-order valence-corrected chi connectivity index (χ1v) is 8.43. The highest BCUT2D eigenvalue weighted by Gasteiger charge is 2.28. The third-order valence-electron chi connectivity index (χ3n) is 3.45. The van der Waals surface area contributed by atoms with Gasteiger partial charge in [-0.15, -0.1) is 0 Å². The van der Waals surface area contributed by atoms with Crippen LogP contribution in [-0.4, -0.2) is 36.2 Å². The van der Waals surface area contributed by atoms with E-state index < -0.39 is 18.2 Å². The highest BCUT2D eigenvalue weighted by molar-refractivity contribution is 5.75. The van der Waals surface area contributed by atoms with Crippen molar-refractivity contribution >= 4 is 18.0 Å². The standard InChI is InChI=1S/C18H26N2O5/c1-4-24-17(22)19-20(18(23)25-5-2)16(13-9-10-14(3)21)15-11-7-6-8-12-15/h6-8,11-12,16H,4-5,9-10,13H2,1-3H3,(H,19,22). The summed E-state index contributed by atoms with van der Waals surface area (Å²) >= 11 is 0. The average molecular weight is 350 g/mol. The Bertz CT molecular complexity index is 562. The lowest BCUT2D eigenvalue weighted by molar-refractivity contribution is -0.117. The SMILES string of the molecule is CCOC(=O)NN(C(=O)OCC)C(CCCC(C)=O)c1ccccc1. The van der Waals surface area contributed by atoms with Crippen molar-refractivity contribution in [2.75, 3.05) is 13.2 Å². The topological polar surface area (TPSA) is 84.9 Å². The molecule has 1 rings (SSSR count). The molecule has 0 aliphatic carbocycles. The second-order valence-corrected chi connectivity index (χ2v) is 5.42. The summed E-state index contributed by atoms with van der Waals surface area (Å²) in [5.41, 5.74) is 3.28. The van der Waals surface area contributed by atoms with Crippen molar-refractivity contribution in [2.24, 2.45) is 0 Å². The van der Waals surface area contributed by atoms with Gasteiger partial charge < -0.3 is 14.3 Å². The number of nitrogens with one attached hydrogen (secondary N) is 1. The Kier molecular flexibility index (Phi) is 9.06. The van der Waals surface area contributed by atoms with Crippen LogP contribution < -0.4 is 5.43 Å². The quantitative estimate of drug-likeness (QED) is 0.724. The van der Waals surface area contributed by atoms with Gasteiger partial charge in [-0.25, -0.2) is 20.0 Å². The number of ether oxygens (including phenoxy) is 2. The van der Waals surface area contributed by atoms with E-state index in [4.69, 9.17) is 9.47 Å². The molecule has 7 nitrogen and oxygen atoms in total. The number of hydrazine groups is 1. The molecule has 1 unspecified atom stereocenters. The predicted molar refractivity (Wildman–Crippen MR) is 92.7 cm³/mol. The second kappa shape index (κ2) is 11.1. The van der Waals surface area contributed by atoms with E-state index in [1.54, 1.807) is 13.8 Å². The van der Waals surface area contributed by atoms with E-state index in [-0.39, 0.29) is 19.0 Å². The summed E-state index contributed by atoms with van der Waals surface area (Å²) in [5.74, 6) is 0.0767. The Morgan fingerprint density at radius 1 is 1.08 bits per heavy atom. The number of carbonyl (C=O) groups excluding carboxylic acids is 3. The number of amides is 2. The van der Waals surface area contributed by atoms with Crippen LogP contribution in [0.5, 0.6) is 0 Å². The van der Waals surface area contributed by atoms with Crippen molar-refractivity contribution in [2.45, 2.75) is 46.1 Å². The first kappa shape index (κ1) is 20.5. The van der Waals surface area contributed by atoms with Gasteiger partial charge >= 0.3 is 12.2 Å². The normalized spacial score (nSPS) is 11.3. The number of Topliss-reactive ketones (excluding diaryl/α,β-unsaturated/α-hetero) is 1.